The predicted octanol–water partition coefficient (Wildman–Crippen LogP) is 4.97. The van der Waals surface area contributed by atoms with Crippen molar-refractivity contribution in [1.29, 1.82) is 0 Å². The lowest BCUT2D eigenvalue weighted by molar-refractivity contribution is 0.0982. The van der Waals surface area contributed by atoms with Crippen LogP contribution in [0.4, 0.5) is 0 Å². The number of Topliss-reactive ketones (excluding diaryl/α,β-unsaturated/α-hetero) is 1. The molecule has 0 bridgehead atoms. The van der Waals surface area contributed by atoms with Gasteiger partial charge in [0.25, 0.3) is 0 Å². The van der Waals surface area contributed by atoms with E-state index in [9.17, 15) is 4.79 Å². The van der Waals surface area contributed by atoms with Gasteiger partial charge in [-0.15, -0.1) is 12.6 Å². The van der Waals surface area contributed by atoms with Gasteiger partial charge in [-0.25, -0.2) is 0 Å². The van der Waals surface area contributed by atoms with Crippen molar-refractivity contribution in [2.24, 2.45) is 0 Å². The molecule has 0 fully saturated rings. The molecule has 22 heavy (non-hydrogen) atoms. The summed E-state index contributed by atoms with van der Waals surface area (Å²) in [5.41, 5.74) is 1.85. The highest BCUT2D eigenvalue weighted by Crippen LogP contribution is 2.18. The topological polar surface area (TPSA) is 26.3 Å². The molecule has 2 rings (SSSR count). The van der Waals surface area contributed by atoms with Crippen LogP contribution in [0, 0.1) is 0 Å². The van der Waals surface area contributed by atoms with Gasteiger partial charge in [0.05, 0.1) is 6.61 Å². The first-order valence-electron chi connectivity index (χ1n) is 7.73. The highest BCUT2D eigenvalue weighted by atomic mass is 32.1. The van der Waals surface area contributed by atoms with Gasteiger partial charge in [0.1, 0.15) is 5.75 Å². The Bertz CT molecular complexity index is 605. The van der Waals surface area contributed by atoms with Crippen LogP contribution in [0.5, 0.6) is 5.75 Å². The molecule has 0 heterocycles. The van der Waals surface area contributed by atoms with Crippen LogP contribution >= 0.6 is 12.6 Å². The first kappa shape index (κ1) is 16.6. The summed E-state index contributed by atoms with van der Waals surface area (Å²) in [7, 11) is 0. The quantitative estimate of drug-likeness (QED) is 0.423. The van der Waals surface area contributed by atoms with Gasteiger partial charge in [0.15, 0.2) is 5.78 Å². The van der Waals surface area contributed by atoms with E-state index in [-0.39, 0.29) is 5.78 Å². The Morgan fingerprint density at radius 2 is 1.82 bits per heavy atom. The van der Waals surface area contributed by atoms with E-state index in [0.717, 1.165) is 41.2 Å². The van der Waals surface area contributed by atoms with Gasteiger partial charge in [-0.2, -0.15) is 0 Å². The zero-order valence-electron chi connectivity index (χ0n) is 12.9. The minimum Gasteiger partial charge on any atom is -0.494 e. The Kier molecular flexibility index (Phi) is 6.53. The van der Waals surface area contributed by atoms with Crippen LogP contribution in [0.25, 0.3) is 0 Å². The number of thiol groups is 1. The summed E-state index contributed by atoms with van der Waals surface area (Å²) in [6.07, 6.45) is 3.37. The van der Waals surface area contributed by atoms with Gasteiger partial charge in [-0.1, -0.05) is 31.5 Å². The average Bonchev–Trinajstić information content (AvgIpc) is 2.55. The molecule has 2 nitrogen and oxygen atoms in total. The van der Waals surface area contributed by atoms with Crippen molar-refractivity contribution in [1.82, 2.24) is 0 Å². The van der Waals surface area contributed by atoms with Crippen molar-refractivity contribution in [3.63, 3.8) is 0 Å². The number of aryl methyl sites for hydroxylation is 1. The maximum absolute atomic E-state index is 12.2. The summed E-state index contributed by atoms with van der Waals surface area (Å²) in [6.45, 7) is 2.86. The first-order valence-corrected chi connectivity index (χ1v) is 8.18. The number of rotatable bonds is 8. The molecule has 0 aliphatic rings. The number of hydrogen-bond donors (Lipinski definition) is 1. The second-order valence-corrected chi connectivity index (χ2v) is 5.76. The summed E-state index contributed by atoms with van der Waals surface area (Å²) in [5.74, 6) is 0.974. The Morgan fingerprint density at radius 3 is 2.50 bits per heavy atom. The van der Waals surface area contributed by atoms with Crippen molar-refractivity contribution in [2.75, 3.05) is 6.61 Å². The Morgan fingerprint density at radius 1 is 1.09 bits per heavy atom. The van der Waals surface area contributed by atoms with Crippen LogP contribution in [0.3, 0.4) is 0 Å². The largest absolute Gasteiger partial charge is 0.494 e. The molecule has 116 valence electrons. The molecule has 0 aliphatic heterocycles. The molecule has 0 aliphatic carbocycles. The number of unbranched alkanes of at least 4 members (excludes halogenated alkanes) is 1. The molecule has 3 heteroatoms. The fourth-order valence-electron chi connectivity index (χ4n) is 2.19. The fraction of sp³-hybridized carbons (Fsp3) is 0.316. The van der Waals surface area contributed by atoms with E-state index in [1.807, 2.05) is 48.5 Å². The van der Waals surface area contributed by atoms with Crippen molar-refractivity contribution in [3.8, 4) is 5.75 Å². The highest BCUT2D eigenvalue weighted by molar-refractivity contribution is 7.80. The molecule has 2 aromatic carbocycles. The van der Waals surface area contributed by atoms with E-state index in [0.29, 0.717) is 12.8 Å². The van der Waals surface area contributed by atoms with Crippen molar-refractivity contribution in [2.45, 2.75) is 37.5 Å². The Hall–Kier alpha value is -1.74. The van der Waals surface area contributed by atoms with Crippen LogP contribution in [0.15, 0.2) is 53.4 Å². The molecule has 0 saturated carbocycles. The van der Waals surface area contributed by atoms with E-state index in [1.54, 1.807) is 0 Å². The summed E-state index contributed by atoms with van der Waals surface area (Å²) < 4.78 is 5.60. The van der Waals surface area contributed by atoms with Crippen molar-refractivity contribution < 1.29 is 9.53 Å². The average molecular weight is 314 g/mol. The number of benzene rings is 2. The molecule has 0 N–H and O–H groups in total. The third kappa shape index (κ3) is 4.92. The summed E-state index contributed by atoms with van der Waals surface area (Å²) in [5, 5.41) is 0. The summed E-state index contributed by atoms with van der Waals surface area (Å²) in [6, 6.07) is 15.3. The minimum atomic E-state index is 0.150. The minimum absolute atomic E-state index is 0.150. The Labute approximate surface area is 137 Å². The smallest absolute Gasteiger partial charge is 0.163 e. The van der Waals surface area contributed by atoms with Crippen LogP contribution in [0.2, 0.25) is 0 Å². The second kappa shape index (κ2) is 8.64. The zero-order valence-corrected chi connectivity index (χ0v) is 13.8. The molecule has 2 aromatic rings. The van der Waals surface area contributed by atoms with Crippen molar-refractivity contribution >= 4 is 18.4 Å². The van der Waals surface area contributed by atoms with Crippen LogP contribution in [-0.4, -0.2) is 12.4 Å². The number of ketones is 1. The second-order valence-electron chi connectivity index (χ2n) is 5.28. The lowest BCUT2D eigenvalue weighted by atomic mass is 10.0. The van der Waals surface area contributed by atoms with Gasteiger partial charge in [0, 0.05) is 16.9 Å². The number of hydrogen-bond acceptors (Lipinski definition) is 3. The molecule has 0 amide bonds. The maximum atomic E-state index is 12.2. The third-order valence-corrected chi connectivity index (χ3v) is 3.99. The monoisotopic (exact) mass is 314 g/mol. The molecular weight excluding hydrogens is 292 g/mol. The summed E-state index contributed by atoms with van der Waals surface area (Å²) >= 11 is 4.41. The van der Waals surface area contributed by atoms with E-state index >= 15 is 0 Å². The molecule has 0 spiro atoms. The third-order valence-electron chi connectivity index (χ3n) is 3.56. The van der Waals surface area contributed by atoms with E-state index in [2.05, 4.69) is 19.6 Å². The van der Waals surface area contributed by atoms with Gasteiger partial charge in [0.2, 0.25) is 0 Å². The van der Waals surface area contributed by atoms with Gasteiger partial charge < -0.3 is 4.74 Å². The van der Waals surface area contributed by atoms with E-state index < -0.39 is 0 Å². The van der Waals surface area contributed by atoms with Gasteiger partial charge in [-0.3, -0.25) is 4.79 Å². The van der Waals surface area contributed by atoms with E-state index in [1.165, 1.54) is 0 Å². The maximum Gasteiger partial charge on any atom is 0.163 e. The molecule has 0 radical (unpaired) electrons. The first-order chi connectivity index (χ1) is 10.7. The Balaban J connectivity index is 1.88. The molecular formula is C19H22O2S. The molecule has 0 saturated heterocycles. The molecule has 0 unspecified atom stereocenters. The standard InChI is InChI=1S/C19H22O2S/c1-2-3-14-21-17-11-8-15(9-12-17)18(20)13-10-16-6-4-5-7-19(16)22/h4-9,11-12,22H,2-3,10,13-14H2,1H3. The van der Waals surface area contributed by atoms with Gasteiger partial charge >= 0.3 is 0 Å². The normalized spacial score (nSPS) is 10.5. The van der Waals surface area contributed by atoms with Crippen molar-refractivity contribution in [3.05, 3.63) is 59.7 Å². The lowest BCUT2D eigenvalue weighted by Crippen LogP contribution is -2.02. The van der Waals surface area contributed by atoms with Crippen LogP contribution < -0.4 is 4.74 Å². The predicted molar refractivity (Wildman–Crippen MR) is 93.2 cm³/mol. The number of carbonyl (C=O) groups is 1. The highest BCUT2D eigenvalue weighted by Gasteiger charge is 2.07. The molecule has 0 atom stereocenters. The lowest BCUT2D eigenvalue weighted by Gasteiger charge is -2.07. The zero-order chi connectivity index (χ0) is 15.8. The van der Waals surface area contributed by atoms with Crippen LogP contribution in [-0.2, 0) is 6.42 Å². The number of carbonyl (C=O) groups excluding carboxylic acids is 1. The van der Waals surface area contributed by atoms with Gasteiger partial charge in [-0.05, 0) is 48.7 Å². The van der Waals surface area contributed by atoms with E-state index in [4.69, 9.17) is 4.74 Å². The molecule has 0 aromatic heterocycles. The summed E-state index contributed by atoms with van der Waals surface area (Å²) in [4.78, 5) is 13.2. The fourth-order valence-corrected chi connectivity index (χ4v) is 2.46. The number of ether oxygens (including phenoxy) is 1. The SMILES string of the molecule is CCCCOc1ccc(C(=O)CCc2ccccc2S)cc1. The van der Waals surface area contributed by atoms with Crippen LogP contribution in [0.1, 0.15) is 42.1 Å².